The molecule has 0 saturated heterocycles. The normalized spacial score (nSPS) is 13.3. The fraction of sp³-hybridized carbons (Fsp3) is 0.455. The molecule has 1 radical (unpaired) electrons. The Kier molecular flexibility index (Phi) is 4.49. The summed E-state index contributed by atoms with van der Waals surface area (Å²) in [5, 5.41) is 0. The molecule has 0 N–H and O–H groups in total. The third-order valence-electron chi connectivity index (χ3n) is 2.56. The number of benzene rings is 1. The zero-order valence-electron chi connectivity index (χ0n) is 8.77. The quantitative estimate of drug-likeness (QED) is 0.548. The summed E-state index contributed by atoms with van der Waals surface area (Å²) >= 11 is 11.7. The highest BCUT2D eigenvalue weighted by Gasteiger charge is 2.12. The maximum atomic E-state index is 5.86. The highest BCUT2D eigenvalue weighted by molar-refractivity contribution is 7.33. The van der Waals surface area contributed by atoms with Crippen LogP contribution in [0.1, 0.15) is 29.5 Å². The van der Waals surface area contributed by atoms with E-state index in [0.29, 0.717) is 5.92 Å². The van der Waals surface area contributed by atoms with Crippen LogP contribution in [0.2, 0.25) is 6.04 Å². The second-order valence-electron chi connectivity index (χ2n) is 3.79. The molecule has 0 spiro atoms. The van der Waals surface area contributed by atoms with Gasteiger partial charge in [-0.2, -0.15) is 0 Å². The lowest BCUT2D eigenvalue weighted by molar-refractivity contribution is 0.858. The molecule has 0 amide bonds. The third-order valence-corrected chi connectivity index (χ3v) is 4.41. The van der Waals surface area contributed by atoms with Crippen LogP contribution in [0, 0.1) is 13.8 Å². The van der Waals surface area contributed by atoms with Crippen molar-refractivity contribution in [1.29, 1.82) is 0 Å². The van der Waals surface area contributed by atoms with Crippen LogP contribution >= 0.6 is 22.2 Å². The molecule has 1 unspecified atom stereocenters. The van der Waals surface area contributed by atoms with Crippen LogP contribution in [0.25, 0.3) is 0 Å². The van der Waals surface area contributed by atoms with Crippen molar-refractivity contribution in [2.45, 2.75) is 32.7 Å². The number of halogens is 2. The van der Waals surface area contributed by atoms with Crippen LogP contribution in [0.15, 0.2) is 18.2 Å². The minimum atomic E-state index is -1.16. The van der Waals surface area contributed by atoms with E-state index in [9.17, 15) is 0 Å². The second kappa shape index (κ2) is 5.20. The van der Waals surface area contributed by atoms with Crippen LogP contribution in [-0.2, 0) is 0 Å². The molecular weight excluding hydrogens is 231 g/mol. The van der Waals surface area contributed by atoms with Gasteiger partial charge in [-0.1, -0.05) is 25.1 Å². The van der Waals surface area contributed by atoms with E-state index in [0.717, 1.165) is 6.04 Å². The van der Waals surface area contributed by atoms with Crippen molar-refractivity contribution in [2.24, 2.45) is 0 Å². The Bertz CT molecular complexity index is 310. The Labute approximate surface area is 97.3 Å². The summed E-state index contributed by atoms with van der Waals surface area (Å²) in [7, 11) is -1.16. The van der Waals surface area contributed by atoms with E-state index >= 15 is 0 Å². The molecule has 1 rings (SSSR count). The smallest absolute Gasteiger partial charge is 0.147 e. The lowest BCUT2D eigenvalue weighted by Gasteiger charge is -2.12. The number of aryl methyl sites for hydroxylation is 2. The van der Waals surface area contributed by atoms with Crippen LogP contribution in [0.5, 0.6) is 0 Å². The van der Waals surface area contributed by atoms with Crippen molar-refractivity contribution < 1.29 is 0 Å². The molecule has 0 aliphatic heterocycles. The Balaban J connectivity index is 2.80. The van der Waals surface area contributed by atoms with Gasteiger partial charge in [0.1, 0.15) is 0 Å². The highest BCUT2D eigenvalue weighted by Crippen LogP contribution is 2.25. The first-order valence-corrected chi connectivity index (χ1v) is 8.47. The molecule has 14 heavy (non-hydrogen) atoms. The molecule has 1 aromatic rings. The van der Waals surface area contributed by atoms with Crippen molar-refractivity contribution in [3.63, 3.8) is 0 Å². The van der Waals surface area contributed by atoms with Gasteiger partial charge < -0.3 is 0 Å². The van der Waals surface area contributed by atoms with Gasteiger partial charge in [-0.3, -0.25) is 0 Å². The summed E-state index contributed by atoms with van der Waals surface area (Å²) in [5.41, 5.74) is 4.02. The maximum Gasteiger partial charge on any atom is 0.274 e. The summed E-state index contributed by atoms with van der Waals surface area (Å²) < 4.78 is 0. The molecule has 1 atom stereocenters. The molecule has 0 aromatic heterocycles. The summed E-state index contributed by atoms with van der Waals surface area (Å²) in [4.78, 5) is 0. The Morgan fingerprint density at radius 1 is 1.21 bits per heavy atom. The predicted molar refractivity (Wildman–Crippen MR) is 66.6 cm³/mol. The largest absolute Gasteiger partial charge is 0.274 e. The first kappa shape index (κ1) is 12.1. The van der Waals surface area contributed by atoms with Gasteiger partial charge in [0.25, 0.3) is 7.42 Å². The van der Waals surface area contributed by atoms with Crippen molar-refractivity contribution in [3.05, 3.63) is 34.9 Å². The van der Waals surface area contributed by atoms with Gasteiger partial charge in [0, 0.05) is 0 Å². The first-order valence-electron chi connectivity index (χ1n) is 4.74. The van der Waals surface area contributed by atoms with Crippen LogP contribution in [0.4, 0.5) is 0 Å². The van der Waals surface area contributed by atoms with Gasteiger partial charge in [-0.05, 0) is 42.5 Å². The monoisotopic (exact) mass is 245 g/mol. The topological polar surface area (TPSA) is 0 Å². The minimum absolute atomic E-state index is 0.471. The maximum absolute atomic E-state index is 5.86. The first-order chi connectivity index (χ1) is 6.50. The Hall–Kier alpha value is 0.0169. The van der Waals surface area contributed by atoms with Gasteiger partial charge in [0.15, 0.2) is 0 Å². The zero-order valence-corrected chi connectivity index (χ0v) is 11.3. The fourth-order valence-electron chi connectivity index (χ4n) is 1.42. The molecule has 0 aliphatic carbocycles. The van der Waals surface area contributed by atoms with Gasteiger partial charge in [-0.25, -0.2) is 0 Å². The number of hydrogen-bond donors (Lipinski definition) is 0. The molecule has 0 bridgehead atoms. The van der Waals surface area contributed by atoms with Gasteiger partial charge in [-0.15, -0.1) is 22.2 Å². The van der Waals surface area contributed by atoms with Gasteiger partial charge in [0.05, 0.1) is 0 Å². The molecule has 0 heterocycles. The molecule has 77 valence electrons. The van der Waals surface area contributed by atoms with Crippen molar-refractivity contribution >= 4 is 29.6 Å². The number of rotatable bonds is 3. The SMILES string of the molecule is Cc1ccc(C(C)C[Si](Cl)Cl)cc1C. The summed E-state index contributed by atoms with van der Waals surface area (Å²) in [6.45, 7) is 6.44. The molecule has 1 aromatic carbocycles. The van der Waals surface area contributed by atoms with Gasteiger partial charge >= 0.3 is 0 Å². The average molecular weight is 246 g/mol. The lowest BCUT2D eigenvalue weighted by atomic mass is 9.98. The molecular formula is C11H15Cl2Si. The fourth-order valence-corrected chi connectivity index (χ4v) is 3.51. The van der Waals surface area contributed by atoms with E-state index < -0.39 is 7.42 Å². The summed E-state index contributed by atoms with van der Waals surface area (Å²) in [5.74, 6) is 0.471. The van der Waals surface area contributed by atoms with E-state index in [1.54, 1.807) is 0 Å². The lowest BCUT2D eigenvalue weighted by Crippen LogP contribution is -2.01. The van der Waals surface area contributed by atoms with E-state index in [1.165, 1.54) is 16.7 Å². The Morgan fingerprint density at radius 2 is 1.86 bits per heavy atom. The summed E-state index contributed by atoms with van der Waals surface area (Å²) in [6, 6.07) is 7.48. The van der Waals surface area contributed by atoms with Gasteiger partial charge in [0.2, 0.25) is 0 Å². The summed E-state index contributed by atoms with van der Waals surface area (Å²) in [6.07, 6.45) is 0. The van der Waals surface area contributed by atoms with Crippen molar-refractivity contribution in [2.75, 3.05) is 0 Å². The standard InChI is InChI=1S/C11H15Cl2Si/c1-8-4-5-11(6-9(8)2)10(3)7-14(12)13/h4-6,10H,7H2,1-3H3. The van der Waals surface area contributed by atoms with Crippen molar-refractivity contribution in [1.82, 2.24) is 0 Å². The van der Waals surface area contributed by atoms with Crippen molar-refractivity contribution in [3.8, 4) is 0 Å². The molecule has 0 nitrogen and oxygen atoms in total. The molecule has 0 aliphatic rings. The molecule has 0 fully saturated rings. The van der Waals surface area contributed by atoms with Crippen LogP contribution in [0.3, 0.4) is 0 Å². The average Bonchev–Trinajstić information content (AvgIpc) is 2.08. The Morgan fingerprint density at radius 3 is 2.36 bits per heavy atom. The third kappa shape index (κ3) is 3.30. The van der Waals surface area contributed by atoms with E-state index in [1.807, 2.05) is 0 Å². The van der Waals surface area contributed by atoms with Crippen LogP contribution < -0.4 is 0 Å². The molecule has 3 heteroatoms. The predicted octanol–water partition coefficient (Wildman–Crippen LogP) is 4.37. The van der Waals surface area contributed by atoms with E-state index in [2.05, 4.69) is 39.0 Å². The van der Waals surface area contributed by atoms with E-state index in [4.69, 9.17) is 22.2 Å². The highest BCUT2D eigenvalue weighted by atomic mass is 35.7. The molecule has 0 saturated carbocycles. The minimum Gasteiger partial charge on any atom is -0.147 e. The second-order valence-corrected chi connectivity index (χ2v) is 8.19. The van der Waals surface area contributed by atoms with E-state index in [-0.39, 0.29) is 0 Å². The number of hydrogen-bond acceptors (Lipinski definition) is 0. The zero-order chi connectivity index (χ0) is 10.7. The van der Waals surface area contributed by atoms with Crippen LogP contribution in [-0.4, -0.2) is 7.42 Å².